The van der Waals surface area contributed by atoms with Gasteiger partial charge in [-0.25, -0.2) is 4.39 Å². The lowest BCUT2D eigenvalue weighted by molar-refractivity contribution is -0.123. The van der Waals surface area contributed by atoms with E-state index in [1.807, 2.05) is 35.2 Å². The van der Waals surface area contributed by atoms with Crippen LogP contribution in [0.5, 0.6) is 0 Å². The number of carbonyl (C=O) groups is 2. The van der Waals surface area contributed by atoms with Gasteiger partial charge in [-0.15, -0.1) is 0 Å². The summed E-state index contributed by atoms with van der Waals surface area (Å²) in [4.78, 5) is 26.6. The molecule has 5 nitrogen and oxygen atoms in total. The molecule has 1 heterocycles. The van der Waals surface area contributed by atoms with Gasteiger partial charge >= 0.3 is 0 Å². The predicted octanol–water partition coefficient (Wildman–Crippen LogP) is 3.77. The number of para-hydroxylation sites is 1. The normalized spacial score (nSPS) is 17.3. The monoisotopic (exact) mass is 389 g/mol. The van der Waals surface area contributed by atoms with Crippen LogP contribution in [0.4, 0.5) is 15.8 Å². The highest BCUT2D eigenvalue weighted by Crippen LogP contribution is 2.21. The van der Waals surface area contributed by atoms with Crippen LogP contribution in [0.25, 0.3) is 0 Å². The molecule has 1 aliphatic heterocycles. The Morgan fingerprint density at radius 2 is 1.93 bits per heavy atom. The van der Waals surface area contributed by atoms with Gasteiger partial charge in [0.05, 0.1) is 18.2 Å². The molecule has 0 aromatic heterocycles. The molecule has 0 radical (unpaired) electrons. The molecule has 2 aromatic rings. The number of hydrogen-bond donors (Lipinski definition) is 2. The fraction of sp³-hybridized carbons (Fsp3) is 0.300. The molecule has 1 fully saturated rings. The average Bonchev–Trinajstić information content (AvgIpc) is 2.65. The lowest BCUT2D eigenvalue weighted by atomic mass is 9.97. The smallest absolute Gasteiger partial charge is 0.238 e. The molecule has 0 spiro atoms. The second kappa shape index (κ2) is 8.97. The zero-order valence-corrected chi connectivity index (χ0v) is 15.5. The van der Waals surface area contributed by atoms with Crippen molar-refractivity contribution >= 4 is 34.8 Å². The van der Waals surface area contributed by atoms with Crippen LogP contribution in [0.2, 0.25) is 5.02 Å². The van der Waals surface area contributed by atoms with E-state index < -0.39 is 5.82 Å². The molecule has 0 bridgehead atoms. The Labute approximate surface area is 162 Å². The number of carbonyl (C=O) groups excluding carboxylic acids is 2. The summed E-state index contributed by atoms with van der Waals surface area (Å²) in [6.07, 6.45) is 1.61. The molecule has 0 aliphatic carbocycles. The van der Waals surface area contributed by atoms with Crippen LogP contribution < -0.4 is 10.6 Å². The van der Waals surface area contributed by atoms with Crippen LogP contribution >= 0.6 is 11.6 Å². The van der Waals surface area contributed by atoms with Crippen molar-refractivity contribution in [2.24, 2.45) is 5.92 Å². The molecule has 3 rings (SSSR count). The number of amides is 2. The van der Waals surface area contributed by atoms with Crippen molar-refractivity contribution in [3.63, 3.8) is 0 Å². The van der Waals surface area contributed by atoms with Gasteiger partial charge in [-0.1, -0.05) is 29.8 Å². The largest absolute Gasteiger partial charge is 0.326 e. The molecule has 2 N–H and O–H groups in total. The lowest BCUT2D eigenvalue weighted by Crippen LogP contribution is -2.44. The topological polar surface area (TPSA) is 61.4 Å². The third kappa shape index (κ3) is 5.52. The summed E-state index contributed by atoms with van der Waals surface area (Å²) in [7, 11) is 0. The third-order valence-electron chi connectivity index (χ3n) is 4.49. The molecule has 0 saturated carbocycles. The summed E-state index contributed by atoms with van der Waals surface area (Å²) in [6.45, 7) is 1.33. The average molecular weight is 390 g/mol. The highest BCUT2D eigenvalue weighted by molar-refractivity contribution is 6.30. The lowest BCUT2D eigenvalue weighted by Gasteiger charge is -2.31. The van der Waals surface area contributed by atoms with Crippen LogP contribution in [0.3, 0.4) is 0 Å². The molecule has 1 atom stereocenters. The Balaban J connectivity index is 1.53. The summed E-state index contributed by atoms with van der Waals surface area (Å²) < 4.78 is 13.8. The Morgan fingerprint density at radius 3 is 2.67 bits per heavy atom. The number of nitrogens with zero attached hydrogens (tertiary/aromatic N) is 1. The van der Waals surface area contributed by atoms with Crippen molar-refractivity contribution in [3.8, 4) is 0 Å². The van der Waals surface area contributed by atoms with Crippen molar-refractivity contribution in [2.75, 3.05) is 30.3 Å². The zero-order valence-electron chi connectivity index (χ0n) is 14.8. The molecule has 1 saturated heterocycles. The SMILES string of the molecule is O=C(CN1CCCC(C(=O)Nc2ccccc2)C1)Nc1ccc(Cl)cc1F. The van der Waals surface area contributed by atoms with E-state index in [0.717, 1.165) is 31.1 Å². The fourth-order valence-corrected chi connectivity index (χ4v) is 3.32. The third-order valence-corrected chi connectivity index (χ3v) is 4.73. The molecule has 1 aliphatic rings. The summed E-state index contributed by atoms with van der Waals surface area (Å²) in [5, 5.41) is 5.74. The maximum absolute atomic E-state index is 13.8. The number of halogens is 2. The minimum Gasteiger partial charge on any atom is -0.326 e. The van der Waals surface area contributed by atoms with E-state index in [2.05, 4.69) is 10.6 Å². The van der Waals surface area contributed by atoms with Gasteiger partial charge in [0.25, 0.3) is 0 Å². The van der Waals surface area contributed by atoms with Crippen LogP contribution in [0.1, 0.15) is 12.8 Å². The van der Waals surface area contributed by atoms with Crippen LogP contribution in [0.15, 0.2) is 48.5 Å². The Bertz CT molecular complexity index is 816. The van der Waals surface area contributed by atoms with Gasteiger partial charge < -0.3 is 10.6 Å². The maximum Gasteiger partial charge on any atom is 0.238 e. The van der Waals surface area contributed by atoms with Gasteiger partial charge in [-0.2, -0.15) is 0 Å². The van der Waals surface area contributed by atoms with Crippen LogP contribution in [-0.2, 0) is 9.59 Å². The number of likely N-dealkylation sites (tertiary alicyclic amines) is 1. The van der Waals surface area contributed by atoms with Crippen molar-refractivity contribution < 1.29 is 14.0 Å². The summed E-state index contributed by atoms with van der Waals surface area (Å²) in [5.74, 6) is -1.12. The quantitative estimate of drug-likeness (QED) is 0.818. The number of piperidine rings is 1. The first kappa shape index (κ1) is 19.3. The predicted molar refractivity (Wildman–Crippen MR) is 104 cm³/mol. The van der Waals surface area contributed by atoms with E-state index in [1.165, 1.54) is 12.1 Å². The number of nitrogens with one attached hydrogen (secondary N) is 2. The van der Waals surface area contributed by atoms with Crippen molar-refractivity contribution in [1.82, 2.24) is 4.90 Å². The van der Waals surface area contributed by atoms with E-state index in [0.29, 0.717) is 6.54 Å². The van der Waals surface area contributed by atoms with Gasteiger partial charge in [0.15, 0.2) is 0 Å². The minimum absolute atomic E-state index is 0.0462. The van der Waals surface area contributed by atoms with Gasteiger partial charge in [0.1, 0.15) is 5.82 Å². The van der Waals surface area contributed by atoms with Gasteiger partial charge in [0.2, 0.25) is 11.8 Å². The van der Waals surface area contributed by atoms with Crippen molar-refractivity contribution in [1.29, 1.82) is 0 Å². The number of benzene rings is 2. The first-order chi connectivity index (χ1) is 13.0. The van der Waals surface area contributed by atoms with E-state index in [4.69, 9.17) is 11.6 Å². The summed E-state index contributed by atoms with van der Waals surface area (Å²) in [6, 6.07) is 13.4. The zero-order chi connectivity index (χ0) is 19.2. The Morgan fingerprint density at radius 1 is 1.15 bits per heavy atom. The highest BCUT2D eigenvalue weighted by Gasteiger charge is 2.27. The highest BCUT2D eigenvalue weighted by atomic mass is 35.5. The van der Waals surface area contributed by atoms with E-state index in [1.54, 1.807) is 0 Å². The van der Waals surface area contributed by atoms with Crippen LogP contribution in [0, 0.1) is 11.7 Å². The number of hydrogen-bond acceptors (Lipinski definition) is 3. The van der Waals surface area contributed by atoms with Gasteiger partial charge in [-0.3, -0.25) is 14.5 Å². The van der Waals surface area contributed by atoms with Crippen LogP contribution in [-0.4, -0.2) is 36.3 Å². The second-order valence-electron chi connectivity index (χ2n) is 6.60. The summed E-state index contributed by atoms with van der Waals surface area (Å²) >= 11 is 5.71. The molecular weight excluding hydrogens is 369 g/mol. The Kier molecular flexibility index (Phi) is 6.42. The molecular formula is C20H21ClFN3O2. The van der Waals surface area contributed by atoms with Gasteiger partial charge in [0, 0.05) is 17.3 Å². The molecule has 7 heteroatoms. The minimum atomic E-state index is -0.574. The molecule has 142 valence electrons. The van der Waals surface area contributed by atoms with Crippen molar-refractivity contribution in [2.45, 2.75) is 12.8 Å². The fourth-order valence-electron chi connectivity index (χ4n) is 3.16. The molecule has 27 heavy (non-hydrogen) atoms. The number of anilines is 2. The second-order valence-corrected chi connectivity index (χ2v) is 7.04. The summed E-state index contributed by atoms with van der Waals surface area (Å²) in [5.41, 5.74) is 0.857. The van der Waals surface area contributed by atoms with E-state index in [-0.39, 0.29) is 35.0 Å². The first-order valence-electron chi connectivity index (χ1n) is 8.84. The number of rotatable bonds is 5. The van der Waals surface area contributed by atoms with E-state index in [9.17, 15) is 14.0 Å². The molecule has 2 amide bonds. The standard InChI is InChI=1S/C20H21ClFN3O2/c21-15-8-9-18(17(22)11-15)24-19(26)13-25-10-4-5-14(12-25)20(27)23-16-6-2-1-3-7-16/h1-3,6-9,11,14H,4-5,10,12-13H2,(H,23,27)(H,24,26). The first-order valence-corrected chi connectivity index (χ1v) is 9.22. The van der Waals surface area contributed by atoms with Crippen molar-refractivity contribution in [3.05, 3.63) is 59.4 Å². The maximum atomic E-state index is 13.8. The molecule has 2 aromatic carbocycles. The van der Waals surface area contributed by atoms with Gasteiger partial charge in [-0.05, 0) is 49.7 Å². The molecule has 1 unspecified atom stereocenters. The van der Waals surface area contributed by atoms with E-state index >= 15 is 0 Å². The Hall–Kier alpha value is -2.44.